The smallest absolute Gasteiger partial charge is 0.355 e. The zero-order valence-corrected chi connectivity index (χ0v) is 14.2. The molecule has 1 unspecified atom stereocenters. The Labute approximate surface area is 142 Å². The molecule has 24 heavy (non-hydrogen) atoms. The molecule has 1 spiro atoms. The van der Waals surface area contributed by atoms with Crippen LogP contribution in [0.4, 0.5) is 19.0 Å². The summed E-state index contributed by atoms with van der Waals surface area (Å²) in [6.45, 7) is 5.67. The van der Waals surface area contributed by atoms with Gasteiger partial charge < -0.3 is 10.2 Å². The van der Waals surface area contributed by atoms with E-state index in [2.05, 4.69) is 20.2 Å². The number of nitrogens with one attached hydrogen (secondary N) is 1. The van der Waals surface area contributed by atoms with E-state index in [0.717, 1.165) is 61.6 Å². The Morgan fingerprint density at radius 2 is 2.17 bits per heavy atom. The highest BCUT2D eigenvalue weighted by Crippen LogP contribution is 2.41. The monoisotopic (exact) mass is 356 g/mol. The number of halogens is 3. The first-order valence-corrected chi connectivity index (χ1v) is 8.95. The van der Waals surface area contributed by atoms with E-state index in [1.54, 1.807) is 13.0 Å². The lowest BCUT2D eigenvalue weighted by Gasteiger charge is -2.23. The molecule has 0 radical (unpaired) electrons. The Kier molecular flexibility index (Phi) is 3.72. The van der Waals surface area contributed by atoms with Gasteiger partial charge in [-0.15, -0.1) is 11.3 Å². The number of alkyl halides is 3. The minimum atomic E-state index is -4.20. The number of rotatable bonds is 2. The van der Waals surface area contributed by atoms with Gasteiger partial charge in [-0.05, 0) is 32.4 Å². The predicted molar refractivity (Wildman–Crippen MR) is 88.7 cm³/mol. The SMILES string of the molecule is Cc1nc(N2CCC3(CCNC3)C2)c2cc(CC(F)(F)F)sc2n1. The molecule has 0 aromatic carbocycles. The van der Waals surface area contributed by atoms with Gasteiger partial charge in [-0.1, -0.05) is 0 Å². The van der Waals surface area contributed by atoms with Crippen molar-refractivity contribution in [3.8, 4) is 0 Å². The first-order valence-electron chi connectivity index (χ1n) is 8.13. The Bertz CT molecular complexity index is 765. The Morgan fingerprint density at radius 1 is 1.33 bits per heavy atom. The van der Waals surface area contributed by atoms with Crippen molar-refractivity contribution in [2.75, 3.05) is 31.1 Å². The maximum atomic E-state index is 12.7. The van der Waals surface area contributed by atoms with E-state index < -0.39 is 12.6 Å². The second kappa shape index (κ2) is 5.56. The van der Waals surface area contributed by atoms with E-state index in [0.29, 0.717) is 15.5 Å². The standard InChI is InChI=1S/C16H19F3N4S/c1-10-21-13(23-5-3-15(9-23)2-4-20-8-15)12-6-11(7-16(17,18)19)24-14(12)22-10/h6,20H,2-5,7-9H2,1H3. The molecule has 0 amide bonds. The summed E-state index contributed by atoms with van der Waals surface area (Å²) in [6.07, 6.45) is -2.85. The van der Waals surface area contributed by atoms with Crippen LogP contribution in [-0.2, 0) is 6.42 Å². The normalized spacial score (nSPS) is 24.6. The van der Waals surface area contributed by atoms with E-state index in [1.165, 1.54) is 0 Å². The summed E-state index contributed by atoms with van der Waals surface area (Å²) < 4.78 is 38.1. The van der Waals surface area contributed by atoms with Crippen LogP contribution in [0.5, 0.6) is 0 Å². The summed E-state index contributed by atoms with van der Waals surface area (Å²) >= 11 is 1.12. The number of nitrogens with zero attached hydrogens (tertiary/aromatic N) is 3. The second-order valence-electron chi connectivity index (χ2n) is 6.92. The molecule has 2 fully saturated rings. The summed E-state index contributed by atoms with van der Waals surface area (Å²) in [5.74, 6) is 1.41. The third kappa shape index (κ3) is 2.97. The molecular formula is C16H19F3N4S. The number of anilines is 1. The van der Waals surface area contributed by atoms with Crippen LogP contribution in [0.1, 0.15) is 23.5 Å². The fraction of sp³-hybridized carbons (Fsp3) is 0.625. The fourth-order valence-electron chi connectivity index (χ4n) is 3.85. The number of hydrogen-bond donors (Lipinski definition) is 1. The van der Waals surface area contributed by atoms with Gasteiger partial charge in [-0.25, -0.2) is 9.97 Å². The number of thiophene rings is 1. The van der Waals surface area contributed by atoms with Crippen molar-refractivity contribution in [2.45, 2.75) is 32.4 Å². The fourth-order valence-corrected chi connectivity index (χ4v) is 4.94. The van der Waals surface area contributed by atoms with Gasteiger partial charge in [0.2, 0.25) is 0 Å². The molecule has 2 saturated heterocycles. The molecular weight excluding hydrogens is 337 g/mol. The highest BCUT2D eigenvalue weighted by Gasteiger charge is 2.41. The van der Waals surface area contributed by atoms with Crippen LogP contribution in [0.3, 0.4) is 0 Å². The van der Waals surface area contributed by atoms with Crippen LogP contribution in [0.15, 0.2) is 6.07 Å². The number of hydrogen-bond acceptors (Lipinski definition) is 5. The minimum absolute atomic E-state index is 0.288. The Hall–Kier alpha value is -1.41. The summed E-state index contributed by atoms with van der Waals surface area (Å²) in [6, 6.07) is 1.63. The topological polar surface area (TPSA) is 41.1 Å². The summed E-state index contributed by atoms with van der Waals surface area (Å²) in [7, 11) is 0. The molecule has 0 bridgehead atoms. The van der Waals surface area contributed by atoms with E-state index in [1.807, 2.05) is 0 Å². The molecule has 0 aliphatic carbocycles. The van der Waals surface area contributed by atoms with Crippen molar-refractivity contribution in [3.05, 3.63) is 16.8 Å². The first kappa shape index (κ1) is 16.1. The van der Waals surface area contributed by atoms with Crippen LogP contribution < -0.4 is 10.2 Å². The first-order chi connectivity index (χ1) is 11.3. The summed E-state index contributed by atoms with van der Waals surface area (Å²) in [4.78, 5) is 12.1. The third-order valence-electron chi connectivity index (χ3n) is 4.98. The molecule has 130 valence electrons. The van der Waals surface area contributed by atoms with E-state index in [9.17, 15) is 13.2 Å². The maximum absolute atomic E-state index is 12.7. The Morgan fingerprint density at radius 3 is 2.88 bits per heavy atom. The van der Waals surface area contributed by atoms with Crippen LogP contribution in [-0.4, -0.2) is 42.3 Å². The lowest BCUT2D eigenvalue weighted by atomic mass is 9.87. The van der Waals surface area contributed by atoms with Gasteiger partial charge in [0.05, 0.1) is 11.8 Å². The van der Waals surface area contributed by atoms with Crippen LogP contribution in [0.2, 0.25) is 0 Å². The highest BCUT2D eigenvalue weighted by atomic mass is 32.1. The van der Waals surface area contributed by atoms with Crippen molar-refractivity contribution in [1.82, 2.24) is 15.3 Å². The molecule has 0 saturated carbocycles. The number of aryl methyl sites for hydroxylation is 1. The van der Waals surface area contributed by atoms with Crippen molar-refractivity contribution in [1.29, 1.82) is 0 Å². The predicted octanol–water partition coefficient (Wildman–Crippen LogP) is 3.29. The van der Waals surface area contributed by atoms with Gasteiger partial charge in [-0.2, -0.15) is 13.2 Å². The highest BCUT2D eigenvalue weighted by molar-refractivity contribution is 7.18. The van der Waals surface area contributed by atoms with E-state index in [-0.39, 0.29) is 5.41 Å². The maximum Gasteiger partial charge on any atom is 0.393 e. The van der Waals surface area contributed by atoms with Crippen LogP contribution in [0.25, 0.3) is 10.2 Å². The number of fused-ring (bicyclic) bond motifs is 1. The van der Waals surface area contributed by atoms with Gasteiger partial charge in [0.1, 0.15) is 16.5 Å². The van der Waals surface area contributed by atoms with Crippen molar-refractivity contribution >= 4 is 27.4 Å². The zero-order valence-electron chi connectivity index (χ0n) is 13.4. The average molecular weight is 356 g/mol. The molecule has 8 heteroatoms. The van der Waals surface area contributed by atoms with Crippen molar-refractivity contribution in [3.63, 3.8) is 0 Å². The van der Waals surface area contributed by atoms with Crippen molar-refractivity contribution < 1.29 is 13.2 Å². The summed E-state index contributed by atoms with van der Waals surface area (Å²) in [5.41, 5.74) is 0.288. The van der Waals surface area contributed by atoms with Crippen LogP contribution in [0, 0.1) is 12.3 Å². The molecule has 2 aromatic heterocycles. The van der Waals surface area contributed by atoms with Crippen LogP contribution >= 0.6 is 11.3 Å². The second-order valence-corrected chi connectivity index (χ2v) is 8.03. The molecule has 2 aliphatic heterocycles. The molecule has 4 heterocycles. The van der Waals surface area contributed by atoms with E-state index in [4.69, 9.17) is 0 Å². The average Bonchev–Trinajstić information content (AvgIpc) is 3.17. The zero-order chi connectivity index (χ0) is 16.9. The Balaban J connectivity index is 1.69. The minimum Gasteiger partial charge on any atom is -0.355 e. The lowest BCUT2D eigenvalue weighted by Crippen LogP contribution is -2.29. The largest absolute Gasteiger partial charge is 0.393 e. The third-order valence-corrected chi connectivity index (χ3v) is 6.01. The molecule has 4 rings (SSSR count). The molecule has 2 aromatic rings. The van der Waals surface area contributed by atoms with Gasteiger partial charge in [-0.3, -0.25) is 0 Å². The molecule has 2 aliphatic rings. The molecule has 4 nitrogen and oxygen atoms in total. The lowest BCUT2D eigenvalue weighted by molar-refractivity contribution is -0.126. The van der Waals surface area contributed by atoms with Gasteiger partial charge in [0.25, 0.3) is 0 Å². The van der Waals surface area contributed by atoms with Crippen molar-refractivity contribution in [2.24, 2.45) is 5.41 Å². The van der Waals surface area contributed by atoms with E-state index >= 15 is 0 Å². The van der Waals surface area contributed by atoms with Gasteiger partial charge >= 0.3 is 6.18 Å². The van der Waals surface area contributed by atoms with Gasteiger partial charge in [0.15, 0.2) is 0 Å². The number of aromatic nitrogens is 2. The van der Waals surface area contributed by atoms with Gasteiger partial charge in [0, 0.05) is 29.9 Å². The summed E-state index contributed by atoms with van der Waals surface area (Å²) in [5, 5.41) is 4.18. The molecule has 1 N–H and O–H groups in total. The quantitative estimate of drug-likeness (QED) is 0.897. The molecule has 1 atom stereocenters.